The summed E-state index contributed by atoms with van der Waals surface area (Å²) in [6.07, 6.45) is 4.02. The van der Waals surface area contributed by atoms with Crippen LogP contribution in [0, 0.1) is 17.8 Å². The van der Waals surface area contributed by atoms with Gasteiger partial charge in [-0.1, -0.05) is 64.4 Å². The molecule has 1 fully saturated rings. The normalized spacial score (nSPS) is 18.0. The highest BCUT2D eigenvalue weighted by molar-refractivity contribution is 7.09. The third-order valence-corrected chi connectivity index (χ3v) is 10.7. The summed E-state index contributed by atoms with van der Waals surface area (Å²) in [7, 11) is 5.07. The second-order valence-corrected chi connectivity index (χ2v) is 14.8. The summed E-state index contributed by atoms with van der Waals surface area (Å²) in [5.74, 6) is -2.13. The van der Waals surface area contributed by atoms with E-state index in [4.69, 9.17) is 9.47 Å². The molecule has 0 aliphatic carbocycles. The molecule has 0 radical (unpaired) electrons. The Kier molecular flexibility index (Phi) is 16.0. The zero-order chi connectivity index (χ0) is 37.0. The van der Waals surface area contributed by atoms with Crippen LogP contribution in [0.1, 0.15) is 107 Å². The van der Waals surface area contributed by atoms with E-state index in [0.717, 1.165) is 31.4 Å². The number of esters is 2. The van der Waals surface area contributed by atoms with Crippen LogP contribution >= 0.6 is 11.3 Å². The molecule has 2 aromatic rings. The first kappa shape index (κ1) is 40.8. The number of amides is 2. The number of ether oxygens (including phenoxy) is 2. The van der Waals surface area contributed by atoms with Crippen molar-refractivity contribution >= 4 is 40.9 Å². The van der Waals surface area contributed by atoms with Gasteiger partial charge in [0.2, 0.25) is 5.91 Å². The first-order chi connectivity index (χ1) is 23.7. The minimum atomic E-state index is -0.793. The number of nitrogens with zero attached hydrogens (tertiary/aromatic N) is 3. The highest BCUT2D eigenvalue weighted by Gasteiger charge is 2.35. The maximum absolute atomic E-state index is 13.9. The van der Waals surface area contributed by atoms with E-state index < -0.39 is 29.8 Å². The molecule has 1 aromatic heterocycles. The number of hydrogen-bond donors (Lipinski definition) is 1. The van der Waals surface area contributed by atoms with Crippen molar-refractivity contribution in [2.45, 2.75) is 110 Å². The fourth-order valence-corrected chi connectivity index (χ4v) is 7.67. The lowest BCUT2D eigenvalue weighted by Crippen LogP contribution is -2.46. The first-order valence-corrected chi connectivity index (χ1v) is 18.7. The number of carbonyl (C=O) groups is 5. The zero-order valence-electron chi connectivity index (χ0n) is 31.0. The van der Waals surface area contributed by atoms with Crippen LogP contribution in [-0.2, 0) is 35.1 Å². The van der Waals surface area contributed by atoms with Gasteiger partial charge in [-0.2, -0.15) is 0 Å². The molecule has 2 amide bonds. The number of hydrogen-bond acceptors (Lipinski definition) is 10. The first-order valence-electron chi connectivity index (χ1n) is 17.8. The number of rotatable bonds is 18. The SMILES string of the molecule is CC[C@H](CC(=O)[C@H]1CCCCN1C)C(=O)N(C)[C@H](C[C@@H](OC(C)=O)c1nc(C(=O)N[C@@H](Cc2ccccc2)C[C@H](C)C(=O)OC)cs1)C(C)C. The van der Waals surface area contributed by atoms with E-state index in [1.54, 1.807) is 24.3 Å². The van der Waals surface area contributed by atoms with Crippen LogP contribution in [0.25, 0.3) is 0 Å². The molecule has 6 atom stereocenters. The monoisotopic (exact) mass is 712 g/mol. The summed E-state index contributed by atoms with van der Waals surface area (Å²) in [4.78, 5) is 73.6. The molecule has 1 aliphatic rings. The van der Waals surface area contributed by atoms with Gasteiger partial charge < -0.3 is 19.7 Å². The van der Waals surface area contributed by atoms with Crippen LogP contribution in [0.5, 0.6) is 0 Å². The molecule has 0 spiro atoms. The molecular formula is C38H56N4O7S. The fraction of sp³-hybridized carbons (Fsp3) is 0.632. The Morgan fingerprint density at radius 1 is 1.08 bits per heavy atom. The lowest BCUT2D eigenvalue weighted by molar-refractivity contribution is -0.149. The standard InChI is InChI=1S/C38H56N4O7S/c1-9-28(21-33(44)31-17-13-14-18-41(31)6)37(46)42(7)32(24(2)3)22-34(49-26(5)43)36-40-30(23-50-36)35(45)39-29(19-25(4)38(47)48-8)20-27-15-11-10-12-16-27/h10-12,15-16,23-25,28-29,31-32,34H,9,13-14,17-22H2,1-8H3,(H,39,45)/t25-,28+,29+,31+,32+,34+/m0/s1. The van der Waals surface area contributed by atoms with E-state index in [1.807, 2.05) is 58.2 Å². The molecule has 1 saturated heterocycles. The number of carbonyl (C=O) groups excluding carboxylic acids is 5. The highest BCUT2D eigenvalue weighted by Crippen LogP contribution is 2.32. The average Bonchev–Trinajstić information content (AvgIpc) is 3.59. The second-order valence-electron chi connectivity index (χ2n) is 14.0. The van der Waals surface area contributed by atoms with Gasteiger partial charge in [0.05, 0.1) is 19.1 Å². The Hall–Kier alpha value is -3.64. The minimum Gasteiger partial charge on any atom is -0.469 e. The quantitative estimate of drug-likeness (QED) is 0.195. The number of piperidine rings is 1. The highest BCUT2D eigenvalue weighted by atomic mass is 32.1. The third kappa shape index (κ3) is 11.7. The summed E-state index contributed by atoms with van der Waals surface area (Å²) in [5, 5.41) is 5.12. The van der Waals surface area contributed by atoms with Crippen LogP contribution in [0.15, 0.2) is 35.7 Å². The fourth-order valence-electron chi connectivity index (χ4n) is 6.83. The van der Waals surface area contributed by atoms with E-state index in [9.17, 15) is 24.0 Å². The van der Waals surface area contributed by atoms with Crippen molar-refractivity contribution in [3.05, 3.63) is 52.0 Å². The molecule has 2 heterocycles. The van der Waals surface area contributed by atoms with E-state index >= 15 is 0 Å². The molecule has 12 heteroatoms. The summed E-state index contributed by atoms with van der Waals surface area (Å²) in [5.41, 5.74) is 1.19. The summed E-state index contributed by atoms with van der Waals surface area (Å²) < 4.78 is 10.7. The van der Waals surface area contributed by atoms with Crippen molar-refractivity contribution in [2.75, 3.05) is 27.7 Å². The van der Waals surface area contributed by atoms with Crippen molar-refractivity contribution in [2.24, 2.45) is 17.8 Å². The van der Waals surface area contributed by atoms with E-state index in [-0.39, 0.29) is 60.2 Å². The number of aromatic nitrogens is 1. The van der Waals surface area contributed by atoms with Crippen LogP contribution in [-0.4, -0.2) is 90.2 Å². The summed E-state index contributed by atoms with van der Waals surface area (Å²) in [6.45, 7) is 9.92. The van der Waals surface area contributed by atoms with Crippen LogP contribution in [0.2, 0.25) is 0 Å². The molecular weight excluding hydrogens is 657 g/mol. The van der Waals surface area contributed by atoms with Crippen molar-refractivity contribution < 1.29 is 33.4 Å². The van der Waals surface area contributed by atoms with Gasteiger partial charge in [0.15, 0.2) is 11.9 Å². The number of Topliss-reactive ketones (excluding diaryl/α,β-unsaturated/α-hetero) is 1. The largest absolute Gasteiger partial charge is 0.469 e. The van der Waals surface area contributed by atoms with Gasteiger partial charge in [0.1, 0.15) is 10.7 Å². The number of likely N-dealkylation sites (N-methyl/N-ethyl adjacent to an activating group) is 1. The maximum Gasteiger partial charge on any atom is 0.308 e. The molecule has 50 heavy (non-hydrogen) atoms. The van der Waals surface area contributed by atoms with Gasteiger partial charge in [-0.05, 0) is 57.2 Å². The van der Waals surface area contributed by atoms with Gasteiger partial charge in [-0.25, -0.2) is 4.98 Å². The van der Waals surface area contributed by atoms with E-state index in [0.29, 0.717) is 24.3 Å². The Morgan fingerprint density at radius 2 is 1.78 bits per heavy atom. The zero-order valence-corrected chi connectivity index (χ0v) is 31.8. The van der Waals surface area contributed by atoms with Crippen LogP contribution in [0.3, 0.4) is 0 Å². The molecule has 1 N–H and O–H groups in total. The van der Waals surface area contributed by atoms with E-state index in [2.05, 4.69) is 15.2 Å². The number of methoxy groups -OCH3 is 1. The number of nitrogens with one attached hydrogen (secondary N) is 1. The minimum absolute atomic E-state index is 0.00188. The average molecular weight is 713 g/mol. The lowest BCUT2D eigenvalue weighted by Gasteiger charge is -2.36. The molecule has 1 aliphatic heterocycles. The van der Waals surface area contributed by atoms with Crippen LogP contribution < -0.4 is 5.32 Å². The second kappa shape index (κ2) is 19.7. The molecule has 0 saturated carbocycles. The van der Waals surface area contributed by atoms with Crippen molar-refractivity contribution in [3.63, 3.8) is 0 Å². The molecule has 3 rings (SSSR count). The molecule has 11 nitrogen and oxygen atoms in total. The Bertz CT molecular complexity index is 1430. The smallest absolute Gasteiger partial charge is 0.308 e. The Balaban J connectivity index is 1.77. The van der Waals surface area contributed by atoms with Crippen molar-refractivity contribution in [3.8, 4) is 0 Å². The van der Waals surface area contributed by atoms with Crippen LogP contribution in [0.4, 0.5) is 0 Å². The Labute approximate surface area is 301 Å². The predicted molar refractivity (Wildman–Crippen MR) is 194 cm³/mol. The van der Waals surface area contributed by atoms with Gasteiger partial charge in [-0.3, -0.25) is 28.9 Å². The molecule has 276 valence electrons. The van der Waals surface area contributed by atoms with Gasteiger partial charge >= 0.3 is 11.9 Å². The van der Waals surface area contributed by atoms with Gasteiger partial charge in [0, 0.05) is 50.2 Å². The molecule has 1 aromatic carbocycles. The summed E-state index contributed by atoms with van der Waals surface area (Å²) >= 11 is 1.21. The topological polar surface area (TPSA) is 135 Å². The number of benzene rings is 1. The predicted octanol–water partition coefficient (Wildman–Crippen LogP) is 5.63. The number of thiazole rings is 1. The number of ketones is 1. The van der Waals surface area contributed by atoms with Crippen molar-refractivity contribution in [1.29, 1.82) is 0 Å². The van der Waals surface area contributed by atoms with Gasteiger partial charge in [-0.15, -0.1) is 11.3 Å². The summed E-state index contributed by atoms with van der Waals surface area (Å²) in [6, 6.07) is 8.86. The Morgan fingerprint density at radius 3 is 2.38 bits per heavy atom. The molecule has 0 unspecified atom stereocenters. The maximum atomic E-state index is 13.9. The van der Waals surface area contributed by atoms with Gasteiger partial charge in [0.25, 0.3) is 5.91 Å². The number of likely N-dealkylation sites (tertiary alicyclic amines) is 1. The third-order valence-electron chi connectivity index (χ3n) is 9.74. The molecule has 0 bridgehead atoms. The van der Waals surface area contributed by atoms with Crippen molar-refractivity contribution in [1.82, 2.24) is 20.1 Å². The lowest BCUT2D eigenvalue weighted by atomic mass is 9.89. The van der Waals surface area contributed by atoms with E-state index in [1.165, 1.54) is 25.4 Å².